The van der Waals surface area contributed by atoms with E-state index in [1.165, 1.54) is 0 Å². The van der Waals surface area contributed by atoms with E-state index >= 15 is 0 Å². The largest absolute Gasteiger partial charge is 0.481 e. The lowest BCUT2D eigenvalue weighted by Gasteiger charge is -1.85. The molecule has 0 spiro atoms. The molecule has 0 radical (unpaired) electrons. The van der Waals surface area contributed by atoms with E-state index in [0.29, 0.717) is 5.13 Å². The Morgan fingerprint density at radius 3 is 1.80 bits per heavy atom. The fraction of sp³-hybridized carbons (Fsp3) is 0.333. The molecule has 0 fully saturated rings. The van der Waals surface area contributed by atoms with Gasteiger partial charge in [0.15, 0.2) is 0 Å². The van der Waals surface area contributed by atoms with Crippen molar-refractivity contribution in [2.24, 2.45) is 0 Å². The molecule has 0 aliphatic heterocycles. The van der Waals surface area contributed by atoms with Gasteiger partial charge in [-0.05, 0) is 0 Å². The number of anilines is 2. The van der Waals surface area contributed by atoms with Gasteiger partial charge in [0.05, 0.1) is 12.8 Å². The first-order valence-electron chi connectivity index (χ1n) is 3.70. The number of aromatic nitrogens is 2. The maximum Gasteiger partial charge on any atom is 0.303 e. The van der Waals surface area contributed by atoms with Crippen LogP contribution in [0.25, 0.3) is 0 Å². The van der Waals surface area contributed by atoms with E-state index < -0.39 is 11.9 Å². The SMILES string of the molecule is Nc1nsc(N)n1.O=C(O)CCC(=O)O. The van der Waals surface area contributed by atoms with Crippen LogP contribution in [0.5, 0.6) is 0 Å². The summed E-state index contributed by atoms with van der Waals surface area (Å²) in [5.41, 5.74) is 10.2. The molecule has 0 aliphatic rings. The lowest BCUT2D eigenvalue weighted by molar-refractivity contribution is -0.143. The van der Waals surface area contributed by atoms with E-state index in [9.17, 15) is 9.59 Å². The Morgan fingerprint density at radius 2 is 1.67 bits per heavy atom. The van der Waals surface area contributed by atoms with Crippen molar-refractivity contribution >= 4 is 34.6 Å². The minimum Gasteiger partial charge on any atom is -0.481 e. The molecule has 0 aromatic carbocycles. The summed E-state index contributed by atoms with van der Waals surface area (Å²) in [6.07, 6.45) is -0.593. The number of carboxylic acids is 2. The molecule has 0 atom stereocenters. The maximum atomic E-state index is 9.64. The minimum atomic E-state index is -1.08. The first-order valence-corrected chi connectivity index (χ1v) is 4.47. The van der Waals surface area contributed by atoms with Crippen LogP contribution in [-0.4, -0.2) is 31.5 Å². The van der Waals surface area contributed by atoms with Crippen molar-refractivity contribution in [2.45, 2.75) is 12.8 Å². The van der Waals surface area contributed by atoms with Gasteiger partial charge in [-0.3, -0.25) is 9.59 Å². The highest BCUT2D eigenvalue weighted by atomic mass is 32.1. The van der Waals surface area contributed by atoms with Gasteiger partial charge in [-0.15, -0.1) is 0 Å². The van der Waals surface area contributed by atoms with Gasteiger partial charge >= 0.3 is 11.9 Å². The Morgan fingerprint density at radius 1 is 1.20 bits per heavy atom. The number of carboxylic acid groups (broad SMARTS) is 2. The molecule has 15 heavy (non-hydrogen) atoms. The Kier molecular flexibility index (Phi) is 5.71. The molecule has 9 heteroatoms. The number of nitrogens with zero attached hydrogens (tertiary/aromatic N) is 2. The smallest absolute Gasteiger partial charge is 0.303 e. The second-order valence-electron chi connectivity index (χ2n) is 2.28. The summed E-state index contributed by atoms with van der Waals surface area (Å²) in [6.45, 7) is 0. The van der Waals surface area contributed by atoms with Gasteiger partial charge in [-0.2, -0.15) is 9.36 Å². The summed E-state index contributed by atoms with van der Waals surface area (Å²) in [5, 5.41) is 16.2. The molecule has 1 rings (SSSR count). The molecule has 84 valence electrons. The number of nitrogens with two attached hydrogens (primary N) is 2. The van der Waals surface area contributed by atoms with Gasteiger partial charge in [0.25, 0.3) is 0 Å². The highest BCUT2D eigenvalue weighted by molar-refractivity contribution is 7.09. The number of carbonyl (C=O) groups is 2. The van der Waals surface area contributed by atoms with Crippen LogP contribution in [0.3, 0.4) is 0 Å². The van der Waals surface area contributed by atoms with Gasteiger partial charge in [0, 0.05) is 11.5 Å². The van der Waals surface area contributed by atoms with Crippen molar-refractivity contribution in [2.75, 3.05) is 11.5 Å². The van der Waals surface area contributed by atoms with Crippen LogP contribution in [0.4, 0.5) is 11.1 Å². The lowest BCUT2D eigenvalue weighted by atomic mass is 10.3. The van der Waals surface area contributed by atoms with Crippen molar-refractivity contribution in [3.63, 3.8) is 0 Å². The average Bonchev–Trinajstić information content (AvgIpc) is 2.47. The molecular weight excluding hydrogens is 224 g/mol. The molecule has 1 aromatic rings. The third-order valence-corrected chi connectivity index (χ3v) is 1.57. The third-order valence-electron chi connectivity index (χ3n) is 1.01. The minimum absolute atomic E-state index is 0.252. The summed E-state index contributed by atoms with van der Waals surface area (Å²) in [6, 6.07) is 0. The zero-order valence-electron chi connectivity index (χ0n) is 7.58. The van der Waals surface area contributed by atoms with E-state index in [4.69, 9.17) is 21.7 Å². The molecule has 8 nitrogen and oxygen atoms in total. The molecule has 0 saturated heterocycles. The molecule has 0 amide bonds. The topological polar surface area (TPSA) is 152 Å². The number of aliphatic carboxylic acids is 2. The molecule has 1 aromatic heterocycles. The van der Waals surface area contributed by atoms with Crippen LogP contribution in [0, 0.1) is 0 Å². The fourth-order valence-corrected chi connectivity index (χ4v) is 0.823. The monoisotopic (exact) mass is 234 g/mol. The van der Waals surface area contributed by atoms with Gasteiger partial charge in [0.1, 0.15) is 0 Å². The van der Waals surface area contributed by atoms with E-state index in [0.717, 1.165) is 11.5 Å². The Bertz CT molecular complexity index is 309. The number of hydrogen-bond acceptors (Lipinski definition) is 7. The van der Waals surface area contributed by atoms with E-state index in [2.05, 4.69) is 9.36 Å². The lowest BCUT2D eigenvalue weighted by Crippen LogP contribution is -2.00. The summed E-state index contributed by atoms with van der Waals surface area (Å²) in [4.78, 5) is 22.9. The molecule has 0 saturated carbocycles. The van der Waals surface area contributed by atoms with E-state index in [1.807, 2.05) is 0 Å². The predicted molar refractivity (Wildman–Crippen MR) is 53.2 cm³/mol. The standard InChI is InChI=1S/C4H6O4.C2H4N4S/c5-3(6)1-2-4(7)8;3-1-5-2(4)7-6-1/h1-2H2,(H,5,6)(H,7,8);(H4,3,4,5,6). The Labute approximate surface area is 88.7 Å². The van der Waals surface area contributed by atoms with Gasteiger partial charge in [0.2, 0.25) is 11.1 Å². The molecule has 1 heterocycles. The highest BCUT2D eigenvalue weighted by Crippen LogP contribution is 2.04. The molecular formula is C6H10N4O4S. The number of hydrogen-bond donors (Lipinski definition) is 4. The first kappa shape index (κ1) is 13.1. The van der Waals surface area contributed by atoms with E-state index in [-0.39, 0.29) is 18.8 Å². The molecule has 0 bridgehead atoms. The van der Waals surface area contributed by atoms with Crippen LogP contribution < -0.4 is 11.5 Å². The van der Waals surface area contributed by atoms with Crippen LogP contribution in [0.2, 0.25) is 0 Å². The average molecular weight is 234 g/mol. The zero-order valence-corrected chi connectivity index (χ0v) is 8.40. The summed E-state index contributed by atoms with van der Waals surface area (Å²) in [7, 11) is 0. The van der Waals surface area contributed by atoms with Crippen LogP contribution in [0.15, 0.2) is 0 Å². The first-order chi connectivity index (χ1) is 6.91. The van der Waals surface area contributed by atoms with Crippen molar-refractivity contribution < 1.29 is 19.8 Å². The van der Waals surface area contributed by atoms with Crippen molar-refractivity contribution in [3.8, 4) is 0 Å². The molecule has 0 unspecified atom stereocenters. The quantitative estimate of drug-likeness (QED) is 0.553. The highest BCUT2D eigenvalue weighted by Gasteiger charge is 2.00. The van der Waals surface area contributed by atoms with Crippen molar-refractivity contribution in [1.29, 1.82) is 0 Å². The molecule has 0 aliphatic carbocycles. The van der Waals surface area contributed by atoms with E-state index in [1.54, 1.807) is 0 Å². The Hall–Kier alpha value is -1.90. The predicted octanol–water partition coefficient (Wildman–Crippen LogP) is -0.362. The van der Waals surface area contributed by atoms with Crippen LogP contribution in [-0.2, 0) is 9.59 Å². The fourth-order valence-electron chi connectivity index (χ4n) is 0.461. The van der Waals surface area contributed by atoms with Crippen molar-refractivity contribution in [3.05, 3.63) is 0 Å². The van der Waals surface area contributed by atoms with Gasteiger partial charge < -0.3 is 21.7 Å². The second kappa shape index (κ2) is 6.54. The third kappa shape index (κ3) is 8.43. The maximum absolute atomic E-state index is 9.64. The van der Waals surface area contributed by atoms with Crippen LogP contribution >= 0.6 is 11.5 Å². The van der Waals surface area contributed by atoms with Crippen molar-refractivity contribution in [1.82, 2.24) is 9.36 Å². The Balaban J connectivity index is 0.000000262. The molecule has 6 N–H and O–H groups in total. The van der Waals surface area contributed by atoms with Gasteiger partial charge in [-0.1, -0.05) is 0 Å². The summed E-state index contributed by atoms with van der Waals surface area (Å²) < 4.78 is 3.60. The zero-order chi connectivity index (χ0) is 11.8. The van der Waals surface area contributed by atoms with Gasteiger partial charge in [-0.25, -0.2) is 0 Å². The second-order valence-corrected chi connectivity index (χ2v) is 3.06. The summed E-state index contributed by atoms with van der Waals surface area (Å²) >= 11 is 1.10. The van der Waals surface area contributed by atoms with Crippen LogP contribution in [0.1, 0.15) is 12.8 Å². The summed E-state index contributed by atoms with van der Waals surface area (Å²) in [5.74, 6) is -1.90. The number of nitrogen functional groups attached to an aromatic ring is 2. The number of rotatable bonds is 3. The normalized spacial score (nSPS) is 8.80.